The monoisotopic (exact) mass is 384 g/mol. The molecular weight excluding hydrogens is 374 g/mol. The second-order valence-corrected chi connectivity index (χ2v) is 6.36. The van der Waals surface area contributed by atoms with Gasteiger partial charge in [0.05, 0.1) is 11.4 Å². The normalized spacial score (nSPS) is 11.0. The second kappa shape index (κ2) is 6.47. The van der Waals surface area contributed by atoms with E-state index in [0.717, 1.165) is 0 Å². The molecule has 2 N–H and O–H groups in total. The summed E-state index contributed by atoms with van der Waals surface area (Å²) in [6.07, 6.45) is 0. The molecule has 4 nitrogen and oxygen atoms in total. The summed E-state index contributed by atoms with van der Waals surface area (Å²) in [5, 5.41) is 0. The highest BCUT2D eigenvalue weighted by molar-refractivity contribution is 7.72. The van der Waals surface area contributed by atoms with Crippen molar-refractivity contribution in [3.05, 3.63) is 69.6 Å². The molecule has 0 unspecified atom stereocenters. The van der Waals surface area contributed by atoms with Crippen LogP contribution in [-0.2, 0) is 0 Å². The van der Waals surface area contributed by atoms with Crippen LogP contribution in [0.3, 0.4) is 0 Å². The molecule has 2 heterocycles. The molecule has 0 spiro atoms. The Balaban J connectivity index is 2.07. The van der Waals surface area contributed by atoms with E-state index in [1.807, 2.05) is 0 Å². The molecule has 0 aliphatic heterocycles. The molecule has 4 aromatic rings. The molecule has 0 radical (unpaired) electrons. The van der Waals surface area contributed by atoms with Crippen molar-refractivity contribution in [2.45, 2.75) is 0 Å². The Morgan fingerprint density at radius 2 is 1.19 bits per heavy atom. The molecule has 2 aromatic heterocycles. The maximum absolute atomic E-state index is 13.3. The quantitative estimate of drug-likeness (QED) is 0.457. The Hall–Kier alpha value is -2.84. The first-order chi connectivity index (χ1) is 12.5. The molecule has 4 rings (SSSR count). The van der Waals surface area contributed by atoms with Crippen molar-refractivity contribution in [1.82, 2.24) is 19.9 Å². The zero-order valence-electron chi connectivity index (χ0n) is 13.1. The van der Waals surface area contributed by atoms with E-state index in [9.17, 15) is 8.78 Å². The van der Waals surface area contributed by atoms with Gasteiger partial charge in [-0.1, -0.05) is 12.2 Å². The van der Waals surface area contributed by atoms with E-state index >= 15 is 0 Å². The summed E-state index contributed by atoms with van der Waals surface area (Å²) in [5.74, 6) is -0.708. The van der Waals surface area contributed by atoms with Crippen molar-refractivity contribution in [2.75, 3.05) is 0 Å². The predicted octanol–water partition coefficient (Wildman–Crippen LogP) is 5.36. The number of halogens is 2. The SMILES string of the molecule is Fc1ccc(-c2nc3[nH]c(=S)[nH]c(=S)c3nc2-c2ccc(F)cc2)cc1. The summed E-state index contributed by atoms with van der Waals surface area (Å²) in [5.41, 5.74) is 3.21. The van der Waals surface area contributed by atoms with Gasteiger partial charge in [0.15, 0.2) is 10.4 Å². The number of benzene rings is 2. The molecule has 0 bridgehead atoms. The van der Waals surface area contributed by atoms with Gasteiger partial charge in [0.1, 0.15) is 21.8 Å². The Labute approximate surface area is 156 Å². The summed E-state index contributed by atoms with van der Waals surface area (Å²) in [6, 6.07) is 11.8. The molecule has 0 amide bonds. The van der Waals surface area contributed by atoms with Crippen LogP contribution in [0.15, 0.2) is 48.5 Å². The first-order valence-electron chi connectivity index (χ1n) is 7.57. The fourth-order valence-corrected chi connectivity index (χ4v) is 3.11. The fraction of sp³-hybridized carbons (Fsp3) is 0. The van der Waals surface area contributed by atoms with Crippen LogP contribution >= 0.6 is 24.4 Å². The maximum atomic E-state index is 13.3. The van der Waals surface area contributed by atoms with Crippen LogP contribution < -0.4 is 0 Å². The highest BCUT2D eigenvalue weighted by atomic mass is 32.1. The van der Waals surface area contributed by atoms with Crippen LogP contribution in [-0.4, -0.2) is 19.9 Å². The van der Waals surface area contributed by atoms with Crippen LogP contribution in [0.1, 0.15) is 0 Å². The number of aromatic nitrogens is 4. The van der Waals surface area contributed by atoms with Gasteiger partial charge in [-0.25, -0.2) is 18.7 Å². The molecule has 0 aliphatic rings. The van der Waals surface area contributed by atoms with E-state index in [0.29, 0.717) is 43.1 Å². The van der Waals surface area contributed by atoms with Crippen LogP contribution in [0.25, 0.3) is 33.7 Å². The van der Waals surface area contributed by atoms with Gasteiger partial charge in [-0.15, -0.1) is 0 Å². The zero-order chi connectivity index (χ0) is 18.3. The van der Waals surface area contributed by atoms with E-state index in [4.69, 9.17) is 24.4 Å². The molecule has 0 aliphatic carbocycles. The lowest BCUT2D eigenvalue weighted by Crippen LogP contribution is -1.99. The molecule has 0 saturated heterocycles. The van der Waals surface area contributed by atoms with Gasteiger partial charge < -0.3 is 9.97 Å². The molecular formula is C18H10F2N4S2. The van der Waals surface area contributed by atoms with Gasteiger partial charge in [0.2, 0.25) is 0 Å². The zero-order valence-corrected chi connectivity index (χ0v) is 14.7. The minimum atomic E-state index is -0.354. The number of hydrogen-bond acceptors (Lipinski definition) is 4. The number of rotatable bonds is 2. The largest absolute Gasteiger partial charge is 0.322 e. The van der Waals surface area contributed by atoms with Gasteiger partial charge >= 0.3 is 0 Å². The number of H-pyrrole nitrogens is 2. The summed E-state index contributed by atoms with van der Waals surface area (Å²) >= 11 is 10.4. The van der Waals surface area contributed by atoms with Crippen LogP contribution in [0.4, 0.5) is 8.78 Å². The molecule has 0 saturated carbocycles. The number of fused-ring (bicyclic) bond motifs is 1. The Bertz CT molecular complexity index is 1230. The number of aromatic amines is 2. The van der Waals surface area contributed by atoms with Gasteiger partial charge in [-0.05, 0) is 60.7 Å². The lowest BCUT2D eigenvalue weighted by Gasteiger charge is -2.10. The summed E-state index contributed by atoms with van der Waals surface area (Å²) in [6.45, 7) is 0. The number of hydrogen-bond donors (Lipinski definition) is 2. The van der Waals surface area contributed by atoms with E-state index in [-0.39, 0.29) is 11.6 Å². The van der Waals surface area contributed by atoms with Crippen molar-refractivity contribution >= 4 is 35.6 Å². The minimum absolute atomic E-state index is 0.330. The maximum Gasteiger partial charge on any atom is 0.177 e. The van der Waals surface area contributed by atoms with Crippen molar-refractivity contribution in [1.29, 1.82) is 0 Å². The molecule has 0 atom stereocenters. The van der Waals surface area contributed by atoms with Gasteiger partial charge in [0, 0.05) is 11.1 Å². The standard InChI is InChI=1S/C18H10F2N4S2/c19-11-5-1-9(2-6-11)13-14(10-3-7-12(20)8-4-10)22-16-15(21-13)17(25)24-18(26)23-16/h1-8H,(H2,22,23,24,25,26). The average molecular weight is 384 g/mol. The lowest BCUT2D eigenvalue weighted by atomic mass is 10.0. The van der Waals surface area contributed by atoms with Crippen LogP contribution in [0, 0.1) is 21.0 Å². The molecule has 0 fully saturated rings. The van der Waals surface area contributed by atoms with E-state index in [1.54, 1.807) is 24.3 Å². The van der Waals surface area contributed by atoms with E-state index in [2.05, 4.69) is 19.9 Å². The summed E-state index contributed by atoms with van der Waals surface area (Å²) < 4.78 is 27.3. The van der Waals surface area contributed by atoms with Crippen LogP contribution in [0.2, 0.25) is 0 Å². The first kappa shape index (κ1) is 16.6. The smallest absolute Gasteiger partial charge is 0.177 e. The van der Waals surface area contributed by atoms with Crippen molar-refractivity contribution in [3.63, 3.8) is 0 Å². The first-order valence-corrected chi connectivity index (χ1v) is 8.39. The Morgan fingerprint density at radius 1 is 0.692 bits per heavy atom. The third-order valence-electron chi connectivity index (χ3n) is 3.81. The second-order valence-electron chi connectivity index (χ2n) is 5.54. The highest BCUT2D eigenvalue weighted by Crippen LogP contribution is 2.30. The van der Waals surface area contributed by atoms with Crippen molar-refractivity contribution < 1.29 is 8.78 Å². The Morgan fingerprint density at radius 3 is 1.73 bits per heavy atom. The van der Waals surface area contributed by atoms with Gasteiger partial charge in [0.25, 0.3) is 0 Å². The minimum Gasteiger partial charge on any atom is -0.322 e. The van der Waals surface area contributed by atoms with Crippen LogP contribution in [0.5, 0.6) is 0 Å². The molecule has 2 aromatic carbocycles. The van der Waals surface area contributed by atoms with Crippen molar-refractivity contribution in [3.8, 4) is 22.5 Å². The van der Waals surface area contributed by atoms with E-state index in [1.165, 1.54) is 24.3 Å². The fourth-order valence-electron chi connectivity index (χ4n) is 2.60. The topological polar surface area (TPSA) is 57.4 Å². The van der Waals surface area contributed by atoms with E-state index < -0.39 is 0 Å². The third kappa shape index (κ3) is 3.04. The third-order valence-corrected chi connectivity index (χ3v) is 4.30. The van der Waals surface area contributed by atoms with Crippen molar-refractivity contribution in [2.24, 2.45) is 0 Å². The van der Waals surface area contributed by atoms with Gasteiger partial charge in [-0.3, -0.25) is 0 Å². The average Bonchev–Trinajstić information content (AvgIpc) is 2.62. The summed E-state index contributed by atoms with van der Waals surface area (Å²) in [4.78, 5) is 15.0. The molecule has 8 heteroatoms. The molecule has 26 heavy (non-hydrogen) atoms. The lowest BCUT2D eigenvalue weighted by molar-refractivity contribution is 0.627. The predicted molar refractivity (Wildman–Crippen MR) is 101 cm³/mol. The molecule has 128 valence electrons. The van der Waals surface area contributed by atoms with Gasteiger partial charge in [-0.2, -0.15) is 0 Å². The summed E-state index contributed by atoms with van der Waals surface area (Å²) in [7, 11) is 0. The number of nitrogens with one attached hydrogen (secondary N) is 2. The Kier molecular flexibility index (Phi) is 4.14. The highest BCUT2D eigenvalue weighted by Gasteiger charge is 2.14. The number of nitrogens with zero attached hydrogens (tertiary/aromatic N) is 2.